The first kappa shape index (κ1) is 14.8. The summed E-state index contributed by atoms with van der Waals surface area (Å²) >= 11 is 0. The van der Waals surface area contributed by atoms with E-state index in [1.54, 1.807) is 25.0 Å². The van der Waals surface area contributed by atoms with E-state index in [-0.39, 0.29) is 0 Å². The number of guanidine groups is 1. The highest BCUT2D eigenvalue weighted by molar-refractivity contribution is 5.79. The third kappa shape index (κ3) is 4.16. The first-order valence-corrected chi connectivity index (χ1v) is 6.49. The maximum absolute atomic E-state index is 5.09. The van der Waals surface area contributed by atoms with Gasteiger partial charge in [0.25, 0.3) is 0 Å². The predicted octanol–water partition coefficient (Wildman–Crippen LogP) is 0.0839. The molecule has 2 N–H and O–H groups in total. The number of aliphatic imine (C=N–C) groups is 1. The van der Waals surface area contributed by atoms with Crippen LogP contribution in [0.2, 0.25) is 0 Å². The minimum Gasteiger partial charge on any atom is -0.481 e. The van der Waals surface area contributed by atoms with Crippen molar-refractivity contribution in [2.45, 2.75) is 13.1 Å². The summed E-state index contributed by atoms with van der Waals surface area (Å²) in [6, 6.07) is 3.80. The fourth-order valence-corrected chi connectivity index (χ4v) is 1.72. The number of nitrogens with zero attached hydrogens (tertiary/aromatic N) is 5. The Morgan fingerprint density at radius 2 is 2.14 bits per heavy atom. The van der Waals surface area contributed by atoms with Crippen molar-refractivity contribution in [2.75, 3.05) is 14.2 Å². The molecule has 0 bridgehead atoms. The van der Waals surface area contributed by atoms with Gasteiger partial charge in [0, 0.05) is 32.9 Å². The smallest absolute Gasteiger partial charge is 0.213 e. The van der Waals surface area contributed by atoms with Crippen LogP contribution in [0.25, 0.3) is 0 Å². The first-order valence-electron chi connectivity index (χ1n) is 6.49. The van der Waals surface area contributed by atoms with E-state index >= 15 is 0 Å². The minimum absolute atomic E-state index is 0.551. The highest BCUT2D eigenvalue weighted by atomic mass is 16.5. The van der Waals surface area contributed by atoms with E-state index in [0.29, 0.717) is 24.9 Å². The van der Waals surface area contributed by atoms with E-state index in [1.807, 2.05) is 19.2 Å². The Morgan fingerprint density at radius 1 is 1.33 bits per heavy atom. The largest absolute Gasteiger partial charge is 0.481 e. The summed E-state index contributed by atoms with van der Waals surface area (Å²) < 4.78 is 6.81. The Morgan fingerprint density at radius 3 is 2.81 bits per heavy atom. The molecule has 0 amide bonds. The van der Waals surface area contributed by atoms with Gasteiger partial charge in [-0.3, -0.25) is 9.67 Å². The molecule has 8 heteroatoms. The molecule has 112 valence electrons. The molecule has 0 aromatic carbocycles. The summed E-state index contributed by atoms with van der Waals surface area (Å²) in [4.78, 5) is 12.4. The van der Waals surface area contributed by atoms with Crippen LogP contribution in [-0.2, 0) is 20.1 Å². The Kier molecular flexibility index (Phi) is 5.08. The molecule has 0 spiro atoms. The Labute approximate surface area is 123 Å². The fraction of sp³-hybridized carbons (Fsp3) is 0.385. The van der Waals surface area contributed by atoms with Gasteiger partial charge in [0.05, 0.1) is 13.7 Å². The van der Waals surface area contributed by atoms with Gasteiger partial charge in [0.1, 0.15) is 12.2 Å². The van der Waals surface area contributed by atoms with Crippen molar-refractivity contribution in [1.82, 2.24) is 30.4 Å². The summed E-state index contributed by atoms with van der Waals surface area (Å²) in [6.07, 6.45) is 3.24. The van der Waals surface area contributed by atoms with Gasteiger partial charge in [-0.15, -0.1) is 0 Å². The minimum atomic E-state index is 0.551. The maximum atomic E-state index is 5.09. The molecule has 21 heavy (non-hydrogen) atoms. The van der Waals surface area contributed by atoms with Gasteiger partial charge >= 0.3 is 0 Å². The number of pyridine rings is 1. The number of methoxy groups -OCH3 is 1. The quantitative estimate of drug-likeness (QED) is 0.599. The lowest BCUT2D eigenvalue weighted by molar-refractivity contribution is 0.397. The summed E-state index contributed by atoms with van der Waals surface area (Å²) in [6.45, 7) is 1.17. The topological polar surface area (TPSA) is 89.2 Å². The molecule has 0 saturated heterocycles. The number of aryl methyl sites for hydroxylation is 1. The van der Waals surface area contributed by atoms with E-state index in [2.05, 4.69) is 30.7 Å². The van der Waals surface area contributed by atoms with Crippen LogP contribution in [-0.4, -0.2) is 39.9 Å². The van der Waals surface area contributed by atoms with Crippen molar-refractivity contribution in [3.8, 4) is 5.88 Å². The van der Waals surface area contributed by atoms with Gasteiger partial charge in [-0.2, -0.15) is 5.10 Å². The summed E-state index contributed by atoms with van der Waals surface area (Å²) in [5.74, 6) is 2.12. The monoisotopic (exact) mass is 289 g/mol. The molecule has 2 rings (SSSR count). The van der Waals surface area contributed by atoms with Gasteiger partial charge < -0.3 is 15.4 Å². The normalized spacial score (nSPS) is 11.3. The molecule has 2 heterocycles. The molecule has 0 aliphatic heterocycles. The molecule has 0 radical (unpaired) electrons. The van der Waals surface area contributed by atoms with Gasteiger partial charge in [-0.1, -0.05) is 0 Å². The van der Waals surface area contributed by atoms with Crippen molar-refractivity contribution in [3.63, 3.8) is 0 Å². The third-order valence-electron chi connectivity index (χ3n) is 2.91. The zero-order valence-corrected chi connectivity index (χ0v) is 12.4. The first-order chi connectivity index (χ1) is 10.2. The lowest BCUT2D eigenvalue weighted by Crippen LogP contribution is -2.36. The van der Waals surface area contributed by atoms with Crippen molar-refractivity contribution in [1.29, 1.82) is 0 Å². The zero-order chi connectivity index (χ0) is 15.1. The van der Waals surface area contributed by atoms with Crippen molar-refractivity contribution in [3.05, 3.63) is 36.0 Å². The maximum Gasteiger partial charge on any atom is 0.213 e. The van der Waals surface area contributed by atoms with E-state index < -0.39 is 0 Å². The van der Waals surface area contributed by atoms with Gasteiger partial charge in [0.15, 0.2) is 5.96 Å². The van der Waals surface area contributed by atoms with Gasteiger partial charge in [-0.05, 0) is 11.6 Å². The molecule has 0 aliphatic rings. The summed E-state index contributed by atoms with van der Waals surface area (Å²) in [5.41, 5.74) is 1.06. The van der Waals surface area contributed by atoms with E-state index in [9.17, 15) is 0 Å². The Bertz CT molecular complexity index is 608. The summed E-state index contributed by atoms with van der Waals surface area (Å²) in [5, 5.41) is 10.4. The highest BCUT2D eigenvalue weighted by Gasteiger charge is 2.03. The molecular formula is C13H19N7O. The molecular weight excluding hydrogens is 270 g/mol. The number of aromatic nitrogens is 4. The second-order valence-corrected chi connectivity index (χ2v) is 4.29. The highest BCUT2D eigenvalue weighted by Crippen LogP contribution is 2.07. The predicted molar refractivity (Wildman–Crippen MR) is 78.8 cm³/mol. The molecule has 0 atom stereocenters. The van der Waals surface area contributed by atoms with Crippen molar-refractivity contribution < 1.29 is 4.74 Å². The van der Waals surface area contributed by atoms with E-state index in [0.717, 1.165) is 11.4 Å². The van der Waals surface area contributed by atoms with E-state index in [4.69, 9.17) is 4.74 Å². The van der Waals surface area contributed by atoms with E-state index in [1.165, 1.54) is 6.33 Å². The number of hydrogen-bond donors (Lipinski definition) is 2. The summed E-state index contributed by atoms with van der Waals surface area (Å²) in [7, 11) is 5.17. The van der Waals surface area contributed by atoms with Crippen molar-refractivity contribution >= 4 is 5.96 Å². The van der Waals surface area contributed by atoms with Crippen LogP contribution < -0.4 is 15.4 Å². The van der Waals surface area contributed by atoms with Crippen LogP contribution in [0.3, 0.4) is 0 Å². The van der Waals surface area contributed by atoms with Crippen LogP contribution in [0, 0.1) is 0 Å². The van der Waals surface area contributed by atoms with Gasteiger partial charge in [0.2, 0.25) is 5.88 Å². The number of nitrogens with one attached hydrogen (secondary N) is 2. The second kappa shape index (κ2) is 7.22. The fourth-order valence-electron chi connectivity index (χ4n) is 1.72. The molecule has 8 nitrogen and oxygen atoms in total. The van der Waals surface area contributed by atoms with Crippen molar-refractivity contribution in [2.24, 2.45) is 12.0 Å². The Balaban J connectivity index is 1.86. The number of ether oxygens (including phenoxy) is 1. The third-order valence-corrected chi connectivity index (χ3v) is 2.91. The lowest BCUT2D eigenvalue weighted by atomic mass is 10.2. The molecule has 0 saturated carbocycles. The van der Waals surface area contributed by atoms with Crippen LogP contribution in [0.5, 0.6) is 5.88 Å². The van der Waals surface area contributed by atoms with Crippen LogP contribution in [0.1, 0.15) is 11.4 Å². The second-order valence-electron chi connectivity index (χ2n) is 4.29. The standard InChI is InChI=1S/C13H19N7O/c1-14-13(17-8-11-18-9-19-20(11)2)16-7-10-4-5-15-12(6-10)21-3/h4-6,9H,7-8H2,1-3H3,(H2,14,16,17). The molecule has 2 aromatic rings. The SMILES string of the molecule is CN=C(NCc1ccnc(OC)c1)NCc1ncnn1C. The molecule has 0 aliphatic carbocycles. The average molecular weight is 289 g/mol. The van der Waals surface area contributed by atoms with Gasteiger partial charge in [-0.25, -0.2) is 9.97 Å². The number of hydrogen-bond acceptors (Lipinski definition) is 5. The zero-order valence-electron chi connectivity index (χ0n) is 12.4. The Hall–Kier alpha value is -2.64. The lowest BCUT2D eigenvalue weighted by Gasteiger charge is -2.11. The number of rotatable bonds is 5. The molecule has 0 unspecified atom stereocenters. The molecule has 0 fully saturated rings. The van der Waals surface area contributed by atoms with Crippen LogP contribution >= 0.6 is 0 Å². The van der Waals surface area contributed by atoms with Crippen LogP contribution in [0.15, 0.2) is 29.6 Å². The molecule has 2 aromatic heterocycles. The average Bonchev–Trinajstić information content (AvgIpc) is 2.93. The van der Waals surface area contributed by atoms with Crippen LogP contribution in [0.4, 0.5) is 0 Å².